The Labute approximate surface area is 135 Å². The number of aliphatic hydroxyl groups excluding tert-OH is 2. The summed E-state index contributed by atoms with van der Waals surface area (Å²) < 4.78 is 0. The molecular weight excluding hydrogens is 276 g/mol. The van der Waals surface area contributed by atoms with E-state index < -0.39 is 0 Å². The summed E-state index contributed by atoms with van der Waals surface area (Å²) in [7, 11) is 0. The SMILES string of the molecule is OCCN1CC(CC(O)C2CC2)CC(NCC2CCCC2)C1. The highest BCUT2D eigenvalue weighted by molar-refractivity contribution is 4.89. The third-order valence-electron chi connectivity index (χ3n) is 5.94. The van der Waals surface area contributed by atoms with Gasteiger partial charge in [-0.1, -0.05) is 12.8 Å². The molecule has 0 aromatic carbocycles. The summed E-state index contributed by atoms with van der Waals surface area (Å²) in [6.45, 7) is 4.29. The van der Waals surface area contributed by atoms with Crippen molar-refractivity contribution >= 4 is 0 Å². The Kier molecular flexibility index (Phi) is 6.14. The number of aliphatic hydroxyl groups is 2. The van der Waals surface area contributed by atoms with Crippen LogP contribution in [0.1, 0.15) is 51.4 Å². The highest BCUT2D eigenvalue weighted by atomic mass is 16.3. The fourth-order valence-corrected chi connectivity index (χ4v) is 4.51. The van der Waals surface area contributed by atoms with E-state index in [-0.39, 0.29) is 12.7 Å². The molecule has 0 radical (unpaired) electrons. The second-order valence-corrected chi connectivity index (χ2v) is 7.98. The minimum Gasteiger partial charge on any atom is -0.395 e. The van der Waals surface area contributed by atoms with Crippen molar-refractivity contribution in [1.29, 1.82) is 0 Å². The van der Waals surface area contributed by atoms with Crippen LogP contribution in [-0.2, 0) is 0 Å². The zero-order valence-electron chi connectivity index (χ0n) is 13.9. The van der Waals surface area contributed by atoms with Crippen molar-refractivity contribution in [2.24, 2.45) is 17.8 Å². The van der Waals surface area contributed by atoms with Gasteiger partial charge in [0.15, 0.2) is 0 Å². The van der Waals surface area contributed by atoms with Crippen LogP contribution in [-0.4, -0.2) is 60.0 Å². The molecule has 1 heterocycles. The lowest BCUT2D eigenvalue weighted by atomic mass is 9.88. The zero-order valence-corrected chi connectivity index (χ0v) is 13.9. The van der Waals surface area contributed by atoms with Gasteiger partial charge in [-0.3, -0.25) is 4.90 Å². The summed E-state index contributed by atoms with van der Waals surface area (Å²) in [5.74, 6) is 2.04. The number of hydrogen-bond acceptors (Lipinski definition) is 4. The minimum absolute atomic E-state index is 0.0884. The standard InChI is InChI=1S/C18H34N2O2/c21-8-7-20-12-15(10-18(22)16-5-6-16)9-17(13-20)19-11-14-3-1-2-4-14/h14-19,21-22H,1-13H2. The van der Waals surface area contributed by atoms with E-state index in [1.54, 1.807) is 0 Å². The van der Waals surface area contributed by atoms with Crippen molar-refractivity contribution in [3.8, 4) is 0 Å². The molecule has 2 saturated carbocycles. The van der Waals surface area contributed by atoms with Gasteiger partial charge >= 0.3 is 0 Å². The lowest BCUT2D eigenvalue weighted by Gasteiger charge is -2.39. The van der Waals surface area contributed by atoms with Gasteiger partial charge in [-0.05, 0) is 62.8 Å². The Morgan fingerprint density at radius 2 is 1.82 bits per heavy atom. The van der Waals surface area contributed by atoms with E-state index in [2.05, 4.69) is 10.2 Å². The average Bonchev–Trinajstić information content (AvgIpc) is 3.22. The lowest BCUT2D eigenvalue weighted by molar-refractivity contribution is 0.0667. The second-order valence-electron chi connectivity index (χ2n) is 7.98. The maximum atomic E-state index is 10.3. The van der Waals surface area contributed by atoms with Crippen LogP contribution in [0, 0.1) is 17.8 Å². The topological polar surface area (TPSA) is 55.7 Å². The third kappa shape index (κ3) is 4.92. The quantitative estimate of drug-likeness (QED) is 0.637. The molecule has 0 spiro atoms. The molecule has 1 saturated heterocycles. The van der Waals surface area contributed by atoms with Crippen LogP contribution in [0.4, 0.5) is 0 Å². The smallest absolute Gasteiger partial charge is 0.0571 e. The number of β-amino-alcohol motifs (C(OH)–C–C–N with tert-alkyl or cyclic N) is 1. The molecule has 2 aliphatic carbocycles. The van der Waals surface area contributed by atoms with Crippen molar-refractivity contribution in [2.45, 2.75) is 63.5 Å². The van der Waals surface area contributed by atoms with E-state index in [0.29, 0.717) is 17.9 Å². The zero-order chi connectivity index (χ0) is 15.4. The number of nitrogens with zero attached hydrogens (tertiary/aromatic N) is 1. The Morgan fingerprint density at radius 1 is 1.05 bits per heavy atom. The maximum Gasteiger partial charge on any atom is 0.0571 e. The van der Waals surface area contributed by atoms with Gasteiger partial charge in [-0.25, -0.2) is 0 Å². The monoisotopic (exact) mass is 310 g/mol. The van der Waals surface area contributed by atoms with E-state index >= 15 is 0 Å². The Hall–Kier alpha value is -0.160. The van der Waals surface area contributed by atoms with Gasteiger partial charge in [0.25, 0.3) is 0 Å². The van der Waals surface area contributed by atoms with Crippen LogP contribution >= 0.6 is 0 Å². The first-order valence-electron chi connectivity index (χ1n) is 9.49. The van der Waals surface area contributed by atoms with Crippen molar-refractivity contribution in [1.82, 2.24) is 10.2 Å². The van der Waals surface area contributed by atoms with Gasteiger partial charge in [-0.15, -0.1) is 0 Å². The molecule has 128 valence electrons. The van der Waals surface area contributed by atoms with Crippen molar-refractivity contribution < 1.29 is 10.2 Å². The number of piperidine rings is 1. The van der Waals surface area contributed by atoms with E-state index in [9.17, 15) is 10.2 Å². The van der Waals surface area contributed by atoms with Gasteiger partial charge in [0.2, 0.25) is 0 Å². The molecule has 22 heavy (non-hydrogen) atoms. The summed E-state index contributed by atoms with van der Waals surface area (Å²) >= 11 is 0. The number of nitrogens with one attached hydrogen (secondary N) is 1. The molecule has 3 N–H and O–H groups in total. The molecule has 3 rings (SSSR count). The first kappa shape index (κ1) is 16.7. The molecule has 1 aliphatic heterocycles. The fourth-order valence-electron chi connectivity index (χ4n) is 4.51. The fraction of sp³-hybridized carbons (Fsp3) is 1.00. The van der Waals surface area contributed by atoms with Crippen LogP contribution in [0.15, 0.2) is 0 Å². The van der Waals surface area contributed by atoms with Gasteiger partial charge < -0.3 is 15.5 Å². The summed E-state index contributed by atoms with van der Waals surface area (Å²) in [4.78, 5) is 2.39. The first-order valence-corrected chi connectivity index (χ1v) is 9.49. The van der Waals surface area contributed by atoms with Gasteiger partial charge in [0.05, 0.1) is 12.7 Å². The van der Waals surface area contributed by atoms with Crippen molar-refractivity contribution in [3.05, 3.63) is 0 Å². The molecule has 4 nitrogen and oxygen atoms in total. The van der Waals surface area contributed by atoms with Crippen LogP contribution < -0.4 is 5.32 Å². The molecule has 3 aliphatic rings. The van der Waals surface area contributed by atoms with Crippen LogP contribution in [0.3, 0.4) is 0 Å². The van der Waals surface area contributed by atoms with E-state index in [1.807, 2.05) is 0 Å². The van der Waals surface area contributed by atoms with E-state index in [1.165, 1.54) is 44.9 Å². The summed E-state index contributed by atoms with van der Waals surface area (Å²) in [5, 5.41) is 23.3. The van der Waals surface area contributed by atoms with E-state index in [0.717, 1.165) is 38.5 Å². The van der Waals surface area contributed by atoms with E-state index in [4.69, 9.17) is 0 Å². The molecule has 3 unspecified atom stereocenters. The third-order valence-corrected chi connectivity index (χ3v) is 5.94. The predicted molar refractivity (Wildman–Crippen MR) is 88.7 cm³/mol. The largest absolute Gasteiger partial charge is 0.395 e. The normalized spacial score (nSPS) is 32.5. The van der Waals surface area contributed by atoms with Crippen LogP contribution in [0.2, 0.25) is 0 Å². The lowest BCUT2D eigenvalue weighted by Crippen LogP contribution is -2.51. The molecule has 0 aromatic rings. The minimum atomic E-state index is -0.0884. The molecule has 0 aromatic heterocycles. The molecule has 4 heteroatoms. The van der Waals surface area contributed by atoms with Gasteiger partial charge in [-0.2, -0.15) is 0 Å². The van der Waals surface area contributed by atoms with Crippen molar-refractivity contribution in [2.75, 3.05) is 32.8 Å². The Morgan fingerprint density at radius 3 is 2.50 bits per heavy atom. The first-order chi connectivity index (χ1) is 10.7. The number of rotatable bonds is 8. The summed E-state index contributed by atoms with van der Waals surface area (Å²) in [6, 6.07) is 0.539. The van der Waals surface area contributed by atoms with Crippen molar-refractivity contribution in [3.63, 3.8) is 0 Å². The molecule has 3 atom stereocenters. The number of likely N-dealkylation sites (tertiary alicyclic amines) is 1. The molecule has 0 amide bonds. The predicted octanol–water partition coefficient (Wildman–Crippen LogP) is 1.61. The van der Waals surface area contributed by atoms with Crippen LogP contribution in [0.5, 0.6) is 0 Å². The second kappa shape index (κ2) is 8.09. The molecule has 0 bridgehead atoms. The highest BCUT2D eigenvalue weighted by Gasteiger charge is 2.34. The summed E-state index contributed by atoms with van der Waals surface area (Å²) in [5.41, 5.74) is 0. The molecular formula is C18H34N2O2. The van der Waals surface area contributed by atoms with Gasteiger partial charge in [0.1, 0.15) is 0 Å². The number of hydrogen-bond donors (Lipinski definition) is 3. The van der Waals surface area contributed by atoms with Gasteiger partial charge in [0, 0.05) is 25.7 Å². The Balaban J connectivity index is 1.47. The van der Waals surface area contributed by atoms with Crippen LogP contribution in [0.25, 0.3) is 0 Å². The average molecular weight is 310 g/mol. The highest BCUT2D eigenvalue weighted by Crippen LogP contribution is 2.36. The summed E-state index contributed by atoms with van der Waals surface area (Å²) in [6.07, 6.45) is 10.1. The Bertz CT molecular complexity index is 329. The maximum absolute atomic E-state index is 10.3. The molecule has 3 fully saturated rings.